The van der Waals surface area contributed by atoms with Gasteiger partial charge in [0.1, 0.15) is 0 Å². The van der Waals surface area contributed by atoms with Crippen LogP contribution in [0.4, 0.5) is 18.5 Å². The van der Waals surface area contributed by atoms with Crippen molar-refractivity contribution in [2.75, 3.05) is 7.18 Å². The maximum absolute atomic E-state index is 9.50. The van der Waals surface area contributed by atoms with E-state index >= 15 is 0 Å². The number of halogens is 4. The highest BCUT2D eigenvalue weighted by atomic mass is 19.1. The molecule has 0 heterocycles. The van der Waals surface area contributed by atoms with Gasteiger partial charge in [0.05, 0.1) is 7.18 Å². The van der Waals surface area contributed by atoms with Crippen LogP contribution in [0.15, 0.2) is 0 Å². The molecular formula is CH9F4N. The van der Waals surface area contributed by atoms with E-state index in [1.165, 1.54) is 0 Å². The zero-order valence-corrected chi connectivity index (χ0v) is 3.31. The zero-order chi connectivity index (χ0) is 2.00. The molecule has 0 saturated carbocycles. The second-order valence-corrected chi connectivity index (χ2v) is 0. The quantitative estimate of drug-likeness (QED) is 0.468. The fraction of sp³-hybridized carbons (Fsp3) is 1.00. The fourth-order valence-corrected chi connectivity index (χ4v) is 0. The molecule has 0 radical (unpaired) electrons. The molecule has 0 aliphatic rings. The first-order chi connectivity index (χ1) is 1.00. The molecule has 0 saturated heterocycles. The van der Waals surface area contributed by atoms with Gasteiger partial charge in [0.2, 0.25) is 0 Å². The molecule has 3 N–H and O–H groups in total. The summed E-state index contributed by atoms with van der Waals surface area (Å²) in [5.74, 6) is 0. The number of hydrogen-bond acceptors (Lipinski definition) is 1. The third-order valence-electron chi connectivity index (χ3n) is 0. The lowest BCUT2D eigenvalue weighted by Gasteiger charge is -1.10. The minimum Gasteiger partial charge on any atom is -0.344 e. The van der Waals surface area contributed by atoms with Gasteiger partial charge in [-0.2, -0.15) is 0 Å². The van der Waals surface area contributed by atoms with Gasteiger partial charge < -0.3 is 6.15 Å². The molecule has 0 unspecified atom stereocenters. The van der Waals surface area contributed by atoms with Gasteiger partial charge in [-0.25, -0.2) is 0 Å². The first-order valence-corrected chi connectivity index (χ1v) is 0.378. The molecule has 0 aromatic rings. The van der Waals surface area contributed by atoms with Crippen molar-refractivity contribution in [1.82, 2.24) is 6.15 Å². The molecule has 0 spiro atoms. The zero-order valence-electron chi connectivity index (χ0n) is 3.31. The van der Waals surface area contributed by atoms with Crippen LogP contribution in [0.3, 0.4) is 0 Å². The molecular weight excluding hydrogens is 102 g/mol. The number of hydrogen-bond donors (Lipinski definition) is 1. The minimum absolute atomic E-state index is 0. The van der Waals surface area contributed by atoms with Crippen molar-refractivity contribution in [2.24, 2.45) is 0 Å². The summed E-state index contributed by atoms with van der Waals surface area (Å²) in [5, 5.41) is 0. The van der Waals surface area contributed by atoms with Crippen LogP contribution in [0, 0.1) is 0 Å². The Kier molecular flexibility index (Phi) is 27800. The molecule has 6 heavy (non-hydrogen) atoms. The summed E-state index contributed by atoms with van der Waals surface area (Å²) in [7, 11) is 0.500. The molecule has 0 amide bonds. The van der Waals surface area contributed by atoms with E-state index in [9.17, 15) is 4.39 Å². The SMILES string of the molecule is CF.F.F.F.N. The van der Waals surface area contributed by atoms with E-state index in [2.05, 4.69) is 0 Å². The van der Waals surface area contributed by atoms with Gasteiger partial charge in [-0.1, -0.05) is 0 Å². The summed E-state index contributed by atoms with van der Waals surface area (Å²) in [6, 6.07) is 0. The Hall–Kier alpha value is -0.320. The summed E-state index contributed by atoms with van der Waals surface area (Å²) >= 11 is 0. The van der Waals surface area contributed by atoms with Gasteiger partial charge in [-0.15, -0.1) is 0 Å². The van der Waals surface area contributed by atoms with Crippen molar-refractivity contribution < 1.29 is 18.5 Å². The van der Waals surface area contributed by atoms with E-state index in [1.807, 2.05) is 0 Å². The van der Waals surface area contributed by atoms with Crippen LogP contribution in [0.5, 0.6) is 0 Å². The normalized spacial score (nSPS) is 1.00. The third-order valence-corrected chi connectivity index (χ3v) is 0. The van der Waals surface area contributed by atoms with Crippen LogP contribution < -0.4 is 6.15 Å². The molecule has 0 atom stereocenters. The van der Waals surface area contributed by atoms with E-state index in [0.717, 1.165) is 0 Å². The topological polar surface area (TPSA) is 35.0 Å². The fourth-order valence-electron chi connectivity index (χ4n) is 0. The van der Waals surface area contributed by atoms with Crippen molar-refractivity contribution in [1.29, 1.82) is 0 Å². The molecule has 1 nitrogen and oxygen atoms in total. The van der Waals surface area contributed by atoms with Crippen LogP contribution >= 0.6 is 0 Å². The van der Waals surface area contributed by atoms with Gasteiger partial charge in [-0.3, -0.25) is 18.5 Å². The third kappa shape index (κ3) is 258. The molecule has 0 aromatic heterocycles. The average Bonchev–Trinajstić information content (AvgIpc) is 1.00. The Morgan fingerprint density at radius 2 is 0.833 bits per heavy atom. The van der Waals surface area contributed by atoms with Gasteiger partial charge in [0.25, 0.3) is 0 Å². The average molecular weight is 111 g/mol. The summed E-state index contributed by atoms with van der Waals surface area (Å²) in [5.41, 5.74) is 0. The van der Waals surface area contributed by atoms with Crippen LogP contribution in [0.1, 0.15) is 0 Å². The van der Waals surface area contributed by atoms with Crippen LogP contribution in [0.25, 0.3) is 0 Å². The molecule has 5 heteroatoms. The molecule has 0 bridgehead atoms. The largest absolute Gasteiger partial charge is 0.344 e. The van der Waals surface area contributed by atoms with Crippen molar-refractivity contribution in [2.45, 2.75) is 0 Å². The predicted octanol–water partition coefficient (Wildman–Crippen LogP) is 1.21. The molecule has 0 aromatic carbocycles. The maximum atomic E-state index is 9.50. The highest BCUT2D eigenvalue weighted by Crippen LogP contribution is 1.16. The molecule has 0 rings (SSSR count). The van der Waals surface area contributed by atoms with Gasteiger partial charge in [0.15, 0.2) is 0 Å². The van der Waals surface area contributed by atoms with E-state index in [0.29, 0.717) is 7.18 Å². The van der Waals surface area contributed by atoms with E-state index in [-0.39, 0.29) is 20.3 Å². The van der Waals surface area contributed by atoms with Crippen molar-refractivity contribution in [3.05, 3.63) is 0 Å². The van der Waals surface area contributed by atoms with E-state index in [4.69, 9.17) is 0 Å². The van der Waals surface area contributed by atoms with Gasteiger partial charge in [0, 0.05) is 0 Å². The number of rotatable bonds is 0. The summed E-state index contributed by atoms with van der Waals surface area (Å²) in [4.78, 5) is 0. The summed E-state index contributed by atoms with van der Waals surface area (Å²) in [6.07, 6.45) is 0. The standard InChI is InChI=1S/CH3F.3FH.H3N/c1-2;;;;/h1H3;3*1H;1H3. The van der Waals surface area contributed by atoms with E-state index in [1.54, 1.807) is 0 Å². The minimum atomic E-state index is 0. The second-order valence-electron chi connectivity index (χ2n) is 0. The highest BCUT2D eigenvalue weighted by Gasteiger charge is 0.926. The smallest absolute Gasteiger partial charge is 0.0785 e. The first-order valence-electron chi connectivity index (χ1n) is 0.378. The van der Waals surface area contributed by atoms with E-state index < -0.39 is 0 Å². The second kappa shape index (κ2) is 619. The van der Waals surface area contributed by atoms with Crippen LogP contribution in [0.2, 0.25) is 0 Å². The van der Waals surface area contributed by atoms with Gasteiger partial charge in [-0.05, 0) is 0 Å². The molecule has 46 valence electrons. The summed E-state index contributed by atoms with van der Waals surface area (Å²) < 4.78 is 9.50. The molecule has 0 aliphatic heterocycles. The van der Waals surface area contributed by atoms with Crippen molar-refractivity contribution >= 4 is 0 Å². The Morgan fingerprint density at radius 3 is 0.833 bits per heavy atom. The Bertz CT molecular complexity index is 7.51. The van der Waals surface area contributed by atoms with Crippen LogP contribution in [-0.2, 0) is 0 Å². The Balaban J connectivity index is -0.000000000833. The monoisotopic (exact) mass is 111 g/mol. The van der Waals surface area contributed by atoms with Crippen molar-refractivity contribution in [3.8, 4) is 0 Å². The highest BCUT2D eigenvalue weighted by molar-refractivity contribution is 3.23. The lowest BCUT2D eigenvalue weighted by atomic mass is 11.9. The van der Waals surface area contributed by atoms with Gasteiger partial charge >= 0.3 is 0 Å². The molecule has 0 fully saturated rings. The van der Waals surface area contributed by atoms with Crippen LogP contribution in [-0.4, -0.2) is 7.18 Å². The van der Waals surface area contributed by atoms with Crippen molar-refractivity contribution in [3.63, 3.8) is 0 Å². The Morgan fingerprint density at radius 1 is 0.833 bits per heavy atom. The lowest BCUT2D eigenvalue weighted by molar-refractivity contribution is 0.636. The molecule has 0 aliphatic carbocycles. The Labute approximate surface area is 33.2 Å². The maximum Gasteiger partial charge on any atom is 0.0785 e. The number of alkyl halides is 1. The summed E-state index contributed by atoms with van der Waals surface area (Å²) in [6.45, 7) is 0. The lowest BCUT2D eigenvalue weighted by Crippen LogP contribution is -0.939. The first kappa shape index (κ1) is 269. The predicted molar refractivity (Wildman–Crippen MR) is 19.6 cm³/mol.